The minimum Gasteiger partial charge on any atom is -0.390 e. The van der Waals surface area contributed by atoms with E-state index in [1.165, 1.54) is 0 Å². The summed E-state index contributed by atoms with van der Waals surface area (Å²) in [6.07, 6.45) is 0.728. The largest absolute Gasteiger partial charge is 0.390 e. The molecule has 20 heavy (non-hydrogen) atoms. The number of nitrogens with zero attached hydrogens (tertiary/aromatic N) is 1. The van der Waals surface area contributed by atoms with Crippen LogP contribution in [0, 0.1) is 0 Å². The lowest BCUT2D eigenvalue weighted by molar-refractivity contribution is -0.0818. The number of aromatic nitrogens is 1. The average Bonchev–Trinajstić information content (AvgIpc) is 2.76. The molecule has 0 bridgehead atoms. The van der Waals surface area contributed by atoms with Gasteiger partial charge in [0.25, 0.3) is 5.92 Å². The number of para-hydroxylation sites is 1. The predicted octanol–water partition coefficient (Wildman–Crippen LogP) is 2.54. The van der Waals surface area contributed by atoms with Gasteiger partial charge in [-0.05, 0) is 18.6 Å². The monoisotopic (exact) mass is 280 g/mol. The van der Waals surface area contributed by atoms with Crippen LogP contribution in [-0.2, 0) is 13.0 Å². The van der Waals surface area contributed by atoms with Crippen LogP contribution in [0.2, 0.25) is 0 Å². The lowest BCUT2D eigenvalue weighted by Crippen LogP contribution is -2.46. The number of rotatable bonds is 3. The van der Waals surface area contributed by atoms with Crippen molar-refractivity contribution in [2.75, 3.05) is 13.2 Å². The van der Waals surface area contributed by atoms with Gasteiger partial charge in [0.15, 0.2) is 0 Å². The molecule has 3 rings (SSSR count). The van der Waals surface area contributed by atoms with E-state index in [1.54, 1.807) is 4.90 Å². The van der Waals surface area contributed by atoms with Crippen molar-refractivity contribution in [3.8, 4) is 0 Å². The molecule has 0 radical (unpaired) electrons. The molecule has 2 N–H and O–H groups in total. The van der Waals surface area contributed by atoms with Gasteiger partial charge < -0.3 is 10.1 Å². The Kier molecular flexibility index (Phi) is 3.26. The zero-order chi connectivity index (χ0) is 14.3. The van der Waals surface area contributed by atoms with E-state index in [2.05, 4.69) is 4.98 Å². The van der Waals surface area contributed by atoms with E-state index >= 15 is 0 Å². The van der Waals surface area contributed by atoms with Crippen LogP contribution in [-0.4, -0.2) is 40.1 Å². The van der Waals surface area contributed by atoms with Gasteiger partial charge in [-0.15, -0.1) is 0 Å². The van der Waals surface area contributed by atoms with Crippen LogP contribution in [0.15, 0.2) is 24.3 Å². The van der Waals surface area contributed by atoms with Crippen LogP contribution in [0.1, 0.15) is 18.2 Å². The highest BCUT2D eigenvalue weighted by Crippen LogP contribution is 2.31. The highest BCUT2D eigenvalue weighted by atomic mass is 19.3. The molecule has 2 aromatic rings. The van der Waals surface area contributed by atoms with Gasteiger partial charge in [0.1, 0.15) is 6.61 Å². The summed E-state index contributed by atoms with van der Waals surface area (Å²) in [7, 11) is 0. The van der Waals surface area contributed by atoms with E-state index < -0.39 is 19.1 Å². The van der Waals surface area contributed by atoms with Crippen LogP contribution >= 0.6 is 0 Å². The number of hydrogen-bond donors (Lipinski definition) is 2. The van der Waals surface area contributed by atoms with Crippen LogP contribution in [0.3, 0.4) is 0 Å². The third-order valence-electron chi connectivity index (χ3n) is 4.05. The molecule has 0 saturated carbocycles. The summed E-state index contributed by atoms with van der Waals surface area (Å²) in [5, 5.41) is 9.86. The van der Waals surface area contributed by atoms with Crippen molar-refractivity contribution in [2.24, 2.45) is 0 Å². The van der Waals surface area contributed by atoms with Gasteiger partial charge in [-0.1, -0.05) is 18.2 Å². The maximum absolute atomic E-state index is 13.4. The topological polar surface area (TPSA) is 39.3 Å². The van der Waals surface area contributed by atoms with E-state index in [0.29, 0.717) is 6.54 Å². The molecule has 0 aliphatic carbocycles. The number of fused-ring (bicyclic) bond motifs is 3. The Bertz CT molecular complexity index is 623. The summed E-state index contributed by atoms with van der Waals surface area (Å²) in [6.45, 7) is 0.943. The highest BCUT2D eigenvalue weighted by molar-refractivity contribution is 5.84. The van der Waals surface area contributed by atoms with E-state index in [-0.39, 0.29) is 6.04 Å². The van der Waals surface area contributed by atoms with Crippen LogP contribution in [0.4, 0.5) is 8.78 Å². The molecule has 0 spiro atoms. The number of halogens is 2. The number of hydrogen-bond acceptors (Lipinski definition) is 2. The molecule has 1 atom stereocenters. The molecule has 0 saturated heterocycles. The maximum Gasteiger partial charge on any atom is 0.283 e. The van der Waals surface area contributed by atoms with Crippen molar-refractivity contribution in [1.82, 2.24) is 9.88 Å². The lowest BCUT2D eigenvalue weighted by Gasteiger charge is -2.35. The SMILES string of the molecule is CC1Cc2[nH]c3ccccc3c2CN1CC(F)(F)CO. The third kappa shape index (κ3) is 2.31. The van der Waals surface area contributed by atoms with Crippen molar-refractivity contribution in [3.63, 3.8) is 0 Å². The van der Waals surface area contributed by atoms with Gasteiger partial charge in [0, 0.05) is 35.6 Å². The normalized spacial score (nSPS) is 20.3. The van der Waals surface area contributed by atoms with Crippen molar-refractivity contribution >= 4 is 10.9 Å². The van der Waals surface area contributed by atoms with Gasteiger partial charge >= 0.3 is 0 Å². The number of aliphatic hydroxyl groups is 1. The van der Waals surface area contributed by atoms with Crippen LogP contribution in [0.5, 0.6) is 0 Å². The minimum atomic E-state index is -3.04. The van der Waals surface area contributed by atoms with E-state index in [9.17, 15) is 8.78 Å². The van der Waals surface area contributed by atoms with E-state index in [1.807, 2.05) is 31.2 Å². The standard InChI is InChI=1S/C15H18F2N2O/c1-10-6-14-12(7-19(10)8-15(16,17)9-20)11-4-2-3-5-13(11)18-14/h2-5,10,18,20H,6-9H2,1H3. The summed E-state index contributed by atoms with van der Waals surface area (Å²) in [4.78, 5) is 5.13. The van der Waals surface area contributed by atoms with Crippen molar-refractivity contribution in [1.29, 1.82) is 0 Å². The molecular weight excluding hydrogens is 262 g/mol. The number of aliphatic hydroxyl groups excluding tert-OH is 1. The third-order valence-corrected chi connectivity index (χ3v) is 4.05. The average molecular weight is 280 g/mol. The first-order valence-electron chi connectivity index (χ1n) is 6.81. The maximum atomic E-state index is 13.4. The summed E-state index contributed by atoms with van der Waals surface area (Å²) >= 11 is 0. The fourth-order valence-electron chi connectivity index (χ4n) is 2.95. The molecule has 0 fully saturated rings. The number of nitrogens with one attached hydrogen (secondary N) is 1. The Morgan fingerprint density at radius 2 is 2.15 bits per heavy atom. The number of alkyl halides is 2. The van der Waals surface area contributed by atoms with Crippen molar-refractivity contribution in [2.45, 2.75) is 31.9 Å². The molecule has 0 amide bonds. The molecule has 1 unspecified atom stereocenters. The second-order valence-electron chi connectivity index (χ2n) is 5.60. The molecule has 1 aromatic heterocycles. The second kappa shape index (κ2) is 4.82. The van der Waals surface area contributed by atoms with Gasteiger partial charge in [-0.25, -0.2) is 8.78 Å². The quantitative estimate of drug-likeness (QED) is 0.907. The molecule has 1 aromatic carbocycles. The Morgan fingerprint density at radius 1 is 1.40 bits per heavy atom. The molecule has 2 heterocycles. The first kappa shape index (κ1) is 13.5. The second-order valence-corrected chi connectivity index (χ2v) is 5.60. The molecular formula is C15H18F2N2O. The summed E-state index contributed by atoms with van der Waals surface area (Å²) in [6, 6.07) is 7.98. The van der Waals surface area contributed by atoms with Crippen molar-refractivity contribution < 1.29 is 13.9 Å². The van der Waals surface area contributed by atoms with Crippen LogP contribution < -0.4 is 0 Å². The first-order chi connectivity index (χ1) is 9.50. The van der Waals surface area contributed by atoms with Gasteiger partial charge in [-0.3, -0.25) is 4.90 Å². The Balaban J connectivity index is 1.92. The molecule has 5 heteroatoms. The summed E-state index contributed by atoms with van der Waals surface area (Å²) < 4.78 is 26.9. The minimum absolute atomic E-state index is 0.0352. The van der Waals surface area contributed by atoms with Gasteiger partial charge in [0.05, 0.1) is 6.54 Å². The van der Waals surface area contributed by atoms with E-state index in [0.717, 1.165) is 28.6 Å². The zero-order valence-corrected chi connectivity index (χ0v) is 11.4. The Morgan fingerprint density at radius 3 is 2.90 bits per heavy atom. The van der Waals surface area contributed by atoms with Gasteiger partial charge in [-0.2, -0.15) is 0 Å². The van der Waals surface area contributed by atoms with Gasteiger partial charge in [0.2, 0.25) is 0 Å². The number of benzene rings is 1. The zero-order valence-electron chi connectivity index (χ0n) is 11.4. The fourth-order valence-corrected chi connectivity index (χ4v) is 2.95. The molecule has 1 aliphatic rings. The lowest BCUT2D eigenvalue weighted by atomic mass is 9.99. The fraction of sp³-hybridized carbons (Fsp3) is 0.467. The summed E-state index contributed by atoms with van der Waals surface area (Å²) in [5.41, 5.74) is 3.30. The molecule has 3 nitrogen and oxygen atoms in total. The highest BCUT2D eigenvalue weighted by Gasteiger charge is 2.35. The van der Waals surface area contributed by atoms with Crippen LogP contribution in [0.25, 0.3) is 10.9 Å². The molecule has 108 valence electrons. The predicted molar refractivity (Wildman–Crippen MR) is 73.9 cm³/mol. The summed E-state index contributed by atoms with van der Waals surface area (Å²) in [5.74, 6) is -3.04. The number of H-pyrrole nitrogens is 1. The smallest absolute Gasteiger partial charge is 0.283 e. The number of aromatic amines is 1. The first-order valence-corrected chi connectivity index (χ1v) is 6.81. The van der Waals surface area contributed by atoms with E-state index in [4.69, 9.17) is 5.11 Å². The Labute approximate surface area is 116 Å². The Hall–Kier alpha value is -1.46. The molecule has 1 aliphatic heterocycles. The van der Waals surface area contributed by atoms with Crippen molar-refractivity contribution in [3.05, 3.63) is 35.5 Å².